The van der Waals surface area contributed by atoms with Crippen LogP contribution in [0.1, 0.15) is 29.4 Å². The number of rotatable bonds is 7. The van der Waals surface area contributed by atoms with Crippen molar-refractivity contribution in [2.45, 2.75) is 26.3 Å². The van der Waals surface area contributed by atoms with E-state index >= 15 is 0 Å². The van der Waals surface area contributed by atoms with Gasteiger partial charge in [-0.1, -0.05) is 6.92 Å². The molecule has 118 valence electrons. The quantitative estimate of drug-likeness (QED) is 0.627. The third kappa shape index (κ3) is 4.19. The van der Waals surface area contributed by atoms with Crippen molar-refractivity contribution >= 4 is 33.8 Å². The van der Waals surface area contributed by atoms with Crippen LogP contribution < -0.4 is 22.1 Å². The van der Waals surface area contributed by atoms with E-state index in [0.717, 1.165) is 22.8 Å². The summed E-state index contributed by atoms with van der Waals surface area (Å²) in [7, 11) is 0. The number of anilines is 3. The molecule has 0 bridgehead atoms. The highest BCUT2D eigenvalue weighted by Gasteiger charge is 2.11. The maximum atomic E-state index is 11.6. The van der Waals surface area contributed by atoms with Gasteiger partial charge in [0.1, 0.15) is 5.00 Å². The first-order valence-corrected chi connectivity index (χ1v) is 7.90. The Kier molecular flexibility index (Phi) is 5.35. The summed E-state index contributed by atoms with van der Waals surface area (Å²) >= 11 is 1.34. The van der Waals surface area contributed by atoms with E-state index < -0.39 is 5.91 Å². The molecule has 1 aromatic carbocycles. The monoisotopic (exact) mass is 319 g/mol. The number of hydrogen-bond donors (Lipinski definition) is 4. The van der Waals surface area contributed by atoms with Gasteiger partial charge in [-0.2, -0.15) is 4.37 Å². The van der Waals surface area contributed by atoms with Gasteiger partial charge in [-0.3, -0.25) is 4.79 Å². The molecule has 0 fully saturated rings. The fourth-order valence-corrected chi connectivity index (χ4v) is 2.59. The fourth-order valence-electron chi connectivity index (χ4n) is 1.92. The summed E-state index contributed by atoms with van der Waals surface area (Å²) in [5.74, 6) is -0.472. The summed E-state index contributed by atoms with van der Waals surface area (Å²) in [4.78, 5) is 11.6. The van der Waals surface area contributed by atoms with Gasteiger partial charge in [0.05, 0.1) is 16.9 Å². The van der Waals surface area contributed by atoms with Crippen LogP contribution in [0.3, 0.4) is 0 Å². The topological polar surface area (TPSA) is 106 Å². The van der Waals surface area contributed by atoms with Crippen LogP contribution in [-0.4, -0.2) is 22.9 Å². The molecule has 6 N–H and O–H groups in total. The second-order valence-corrected chi connectivity index (χ2v) is 5.94. The summed E-state index contributed by atoms with van der Waals surface area (Å²) in [6.45, 7) is 4.63. The number of aromatic nitrogens is 1. The number of nitrogens with two attached hydrogens (primary N) is 2. The number of amides is 1. The van der Waals surface area contributed by atoms with E-state index in [2.05, 4.69) is 15.0 Å². The zero-order valence-electron chi connectivity index (χ0n) is 12.7. The average Bonchev–Trinajstić information content (AvgIpc) is 2.89. The lowest BCUT2D eigenvalue weighted by Crippen LogP contribution is -2.28. The fraction of sp³-hybridized carbons (Fsp3) is 0.333. The molecule has 1 aromatic heterocycles. The molecule has 0 saturated heterocycles. The standard InChI is InChI=1S/C15H21N5OS/c1-3-10(16)8-18-11-4-5-12(15(17)21)13(7-11)19-14-6-9(2)20-22-14/h4-7,10,18-19H,3,8,16H2,1-2H3,(H2,17,21). The summed E-state index contributed by atoms with van der Waals surface area (Å²) in [5.41, 5.74) is 14.3. The first kappa shape index (κ1) is 16.3. The van der Waals surface area contributed by atoms with E-state index in [1.807, 2.05) is 32.0 Å². The molecule has 0 spiro atoms. The molecule has 6 nitrogen and oxygen atoms in total. The van der Waals surface area contributed by atoms with Crippen molar-refractivity contribution in [1.82, 2.24) is 4.37 Å². The Balaban J connectivity index is 2.21. The largest absolute Gasteiger partial charge is 0.383 e. The average molecular weight is 319 g/mol. The molecule has 22 heavy (non-hydrogen) atoms. The zero-order chi connectivity index (χ0) is 16.1. The molecule has 0 aliphatic rings. The lowest BCUT2D eigenvalue weighted by atomic mass is 10.1. The molecule has 1 unspecified atom stereocenters. The van der Waals surface area contributed by atoms with E-state index in [9.17, 15) is 4.79 Å². The number of primary amides is 1. The van der Waals surface area contributed by atoms with Gasteiger partial charge < -0.3 is 22.1 Å². The summed E-state index contributed by atoms with van der Waals surface area (Å²) < 4.78 is 4.21. The Morgan fingerprint density at radius 3 is 2.77 bits per heavy atom. The van der Waals surface area contributed by atoms with Gasteiger partial charge in [0.25, 0.3) is 5.91 Å². The molecule has 0 radical (unpaired) electrons. The molecule has 2 aromatic rings. The van der Waals surface area contributed by atoms with Crippen LogP contribution in [0, 0.1) is 6.92 Å². The van der Waals surface area contributed by atoms with Crippen molar-refractivity contribution < 1.29 is 4.79 Å². The number of carbonyl (C=O) groups is 1. The SMILES string of the molecule is CCC(N)CNc1ccc(C(N)=O)c(Nc2cc(C)ns2)c1. The van der Waals surface area contributed by atoms with E-state index in [0.29, 0.717) is 17.8 Å². The number of benzene rings is 1. The van der Waals surface area contributed by atoms with Crippen molar-refractivity contribution in [3.05, 3.63) is 35.5 Å². The second-order valence-electron chi connectivity index (χ2n) is 5.13. The maximum Gasteiger partial charge on any atom is 0.250 e. The highest BCUT2D eigenvalue weighted by molar-refractivity contribution is 7.10. The zero-order valence-corrected chi connectivity index (χ0v) is 13.5. The first-order valence-electron chi connectivity index (χ1n) is 7.13. The highest BCUT2D eigenvalue weighted by Crippen LogP contribution is 2.27. The van der Waals surface area contributed by atoms with Crippen molar-refractivity contribution in [2.75, 3.05) is 17.2 Å². The molecule has 0 saturated carbocycles. The van der Waals surface area contributed by atoms with E-state index in [1.165, 1.54) is 11.5 Å². The predicted octanol–water partition coefficient (Wildman–Crippen LogP) is 2.44. The molecule has 7 heteroatoms. The Labute approximate surface area is 134 Å². The maximum absolute atomic E-state index is 11.6. The summed E-state index contributed by atoms with van der Waals surface area (Å²) in [6.07, 6.45) is 0.900. The Morgan fingerprint density at radius 2 is 2.18 bits per heavy atom. The predicted molar refractivity (Wildman–Crippen MR) is 91.8 cm³/mol. The Morgan fingerprint density at radius 1 is 1.41 bits per heavy atom. The van der Waals surface area contributed by atoms with Gasteiger partial charge in [0, 0.05) is 18.3 Å². The van der Waals surface area contributed by atoms with Gasteiger partial charge in [-0.05, 0) is 49.1 Å². The summed E-state index contributed by atoms with van der Waals surface area (Å²) in [5, 5.41) is 7.33. The van der Waals surface area contributed by atoms with Crippen LogP contribution in [0.4, 0.5) is 16.4 Å². The van der Waals surface area contributed by atoms with Gasteiger partial charge in [-0.15, -0.1) is 0 Å². The van der Waals surface area contributed by atoms with E-state index in [-0.39, 0.29) is 6.04 Å². The number of nitrogens with one attached hydrogen (secondary N) is 2. The molecule has 0 aliphatic carbocycles. The summed E-state index contributed by atoms with van der Waals surface area (Å²) in [6, 6.07) is 7.40. The van der Waals surface area contributed by atoms with Crippen molar-refractivity contribution in [3.8, 4) is 0 Å². The number of carbonyl (C=O) groups excluding carboxylic acids is 1. The minimum Gasteiger partial charge on any atom is -0.383 e. The van der Waals surface area contributed by atoms with Crippen molar-refractivity contribution in [1.29, 1.82) is 0 Å². The number of nitrogens with zero attached hydrogens (tertiary/aromatic N) is 1. The first-order chi connectivity index (χ1) is 10.5. The Bertz CT molecular complexity index is 655. The molecule has 1 heterocycles. The van der Waals surface area contributed by atoms with Crippen LogP contribution in [-0.2, 0) is 0 Å². The molecule has 0 aliphatic heterocycles. The third-order valence-corrected chi connectivity index (χ3v) is 4.06. The second kappa shape index (κ2) is 7.24. The highest BCUT2D eigenvalue weighted by atomic mass is 32.1. The van der Waals surface area contributed by atoms with Crippen LogP contribution >= 0.6 is 11.5 Å². The van der Waals surface area contributed by atoms with Crippen molar-refractivity contribution in [3.63, 3.8) is 0 Å². The molecule has 2 rings (SSSR count). The molecular formula is C15H21N5OS. The van der Waals surface area contributed by atoms with Crippen molar-refractivity contribution in [2.24, 2.45) is 11.5 Å². The third-order valence-electron chi connectivity index (χ3n) is 3.26. The van der Waals surface area contributed by atoms with E-state index in [4.69, 9.17) is 11.5 Å². The van der Waals surface area contributed by atoms with Crippen LogP contribution in [0.2, 0.25) is 0 Å². The van der Waals surface area contributed by atoms with Gasteiger partial charge in [0.2, 0.25) is 0 Å². The smallest absolute Gasteiger partial charge is 0.250 e. The van der Waals surface area contributed by atoms with Crippen LogP contribution in [0.25, 0.3) is 0 Å². The lowest BCUT2D eigenvalue weighted by molar-refractivity contribution is 0.100. The minimum absolute atomic E-state index is 0.0939. The molecule has 1 atom stereocenters. The van der Waals surface area contributed by atoms with Gasteiger partial charge in [0.15, 0.2) is 0 Å². The van der Waals surface area contributed by atoms with Crippen LogP contribution in [0.5, 0.6) is 0 Å². The van der Waals surface area contributed by atoms with Gasteiger partial charge >= 0.3 is 0 Å². The number of hydrogen-bond acceptors (Lipinski definition) is 6. The van der Waals surface area contributed by atoms with Crippen LogP contribution in [0.15, 0.2) is 24.3 Å². The normalized spacial score (nSPS) is 12.0. The molecular weight excluding hydrogens is 298 g/mol. The number of aryl methyl sites for hydroxylation is 1. The minimum atomic E-state index is -0.472. The lowest BCUT2D eigenvalue weighted by Gasteiger charge is -2.14. The Hall–Kier alpha value is -2.12. The molecule has 1 amide bonds. The van der Waals surface area contributed by atoms with E-state index in [1.54, 1.807) is 6.07 Å². The van der Waals surface area contributed by atoms with Gasteiger partial charge in [-0.25, -0.2) is 0 Å².